The molecular weight excluding hydrogens is 526 g/mol. The molecule has 3 aromatic rings. The van der Waals surface area contributed by atoms with Crippen LogP contribution < -0.4 is 0 Å². The van der Waals surface area contributed by atoms with Crippen LogP contribution in [0.1, 0.15) is 30.8 Å². The van der Waals surface area contributed by atoms with Gasteiger partial charge in [0.2, 0.25) is 0 Å². The largest absolute Gasteiger partial charge is 0.464 e. The number of hydrogen-bond acceptors (Lipinski definition) is 8. The van der Waals surface area contributed by atoms with Crippen LogP contribution in [0.25, 0.3) is 11.8 Å². The van der Waals surface area contributed by atoms with Crippen molar-refractivity contribution in [3.05, 3.63) is 86.6 Å². The van der Waals surface area contributed by atoms with Crippen molar-refractivity contribution in [3.8, 4) is 5.69 Å². The van der Waals surface area contributed by atoms with Gasteiger partial charge in [-0.05, 0) is 93.6 Å². The summed E-state index contributed by atoms with van der Waals surface area (Å²) in [5.74, 6) is -1.14. The van der Waals surface area contributed by atoms with Crippen LogP contribution in [0.4, 0.5) is 10.5 Å². The van der Waals surface area contributed by atoms with E-state index in [1.165, 1.54) is 30.8 Å². The number of thioether (sulfide) groups is 1. The minimum atomic E-state index is -0.997. The van der Waals surface area contributed by atoms with E-state index in [-0.39, 0.29) is 17.2 Å². The molecule has 1 fully saturated rings. The molecule has 2 amide bonds. The Kier molecular flexibility index (Phi) is 8.08. The van der Waals surface area contributed by atoms with Crippen molar-refractivity contribution in [1.29, 1.82) is 0 Å². The van der Waals surface area contributed by atoms with E-state index >= 15 is 0 Å². The van der Waals surface area contributed by atoms with Crippen LogP contribution in [-0.4, -0.2) is 44.2 Å². The van der Waals surface area contributed by atoms with Crippen molar-refractivity contribution in [2.24, 2.45) is 0 Å². The van der Waals surface area contributed by atoms with E-state index in [0.29, 0.717) is 0 Å². The molecule has 1 atom stereocenters. The first-order chi connectivity index (χ1) is 18.1. The van der Waals surface area contributed by atoms with Gasteiger partial charge >= 0.3 is 5.97 Å². The Balaban J connectivity index is 1.53. The highest BCUT2D eigenvalue weighted by atomic mass is 32.2. The molecule has 2 aromatic carbocycles. The van der Waals surface area contributed by atoms with Crippen LogP contribution in [0.5, 0.6) is 0 Å². The van der Waals surface area contributed by atoms with Gasteiger partial charge < -0.3 is 9.30 Å². The number of carbonyl (C=O) groups excluding carboxylic acids is 3. The number of aromatic nitrogens is 1. The zero-order chi connectivity index (χ0) is 27.6. The van der Waals surface area contributed by atoms with Crippen LogP contribution in [-0.2, 0) is 14.3 Å². The normalized spacial score (nSPS) is 15.3. The minimum Gasteiger partial charge on any atom is -0.464 e. The second-order valence-electron chi connectivity index (χ2n) is 8.49. The Morgan fingerprint density at radius 1 is 1.11 bits per heavy atom. The Hall–Kier alpha value is -3.83. The van der Waals surface area contributed by atoms with Gasteiger partial charge in [-0.3, -0.25) is 24.6 Å². The zero-order valence-electron chi connectivity index (χ0n) is 21.2. The van der Waals surface area contributed by atoms with Gasteiger partial charge in [-0.2, -0.15) is 0 Å². The van der Waals surface area contributed by atoms with Crippen LogP contribution in [0.15, 0.2) is 69.3 Å². The highest BCUT2D eigenvalue weighted by Crippen LogP contribution is 2.35. The summed E-state index contributed by atoms with van der Waals surface area (Å²) < 4.78 is 7.02. The lowest BCUT2D eigenvalue weighted by Gasteiger charge is -2.19. The SMILES string of the molecule is CCOC(=O)[C@H](C)N1C(=O)S/C(=C/c2cc(C)n(-c3ccc(Sc4ccc([N+](=O)[O-])cc4)cc3)c2C)C1=O. The van der Waals surface area contributed by atoms with Crippen molar-refractivity contribution in [2.75, 3.05) is 6.61 Å². The number of non-ortho nitro benzene ring substituents is 1. The number of benzene rings is 2. The number of nitro groups is 1. The van der Waals surface area contributed by atoms with Crippen LogP contribution in [0.3, 0.4) is 0 Å². The number of imide groups is 1. The maximum atomic E-state index is 12.9. The van der Waals surface area contributed by atoms with E-state index in [0.717, 1.165) is 49.1 Å². The topological polar surface area (TPSA) is 112 Å². The molecule has 0 bridgehead atoms. The first kappa shape index (κ1) is 27.2. The van der Waals surface area contributed by atoms with Gasteiger partial charge in [0.05, 0.1) is 16.4 Å². The molecule has 2 heterocycles. The van der Waals surface area contributed by atoms with Crippen molar-refractivity contribution in [2.45, 2.75) is 43.5 Å². The summed E-state index contributed by atoms with van der Waals surface area (Å²) in [4.78, 5) is 51.0. The number of nitrogens with zero attached hydrogens (tertiary/aromatic N) is 3. The zero-order valence-corrected chi connectivity index (χ0v) is 22.8. The summed E-state index contributed by atoms with van der Waals surface area (Å²) >= 11 is 2.31. The van der Waals surface area contributed by atoms with Crippen molar-refractivity contribution >= 4 is 52.4 Å². The number of ether oxygens (including phenoxy) is 1. The Morgan fingerprint density at radius 2 is 1.71 bits per heavy atom. The third-order valence-corrected chi connectivity index (χ3v) is 7.87. The number of esters is 1. The molecule has 0 aliphatic carbocycles. The average Bonchev–Trinajstić information content (AvgIpc) is 3.32. The molecule has 1 aromatic heterocycles. The van der Waals surface area contributed by atoms with Crippen molar-refractivity contribution in [1.82, 2.24) is 9.47 Å². The summed E-state index contributed by atoms with van der Waals surface area (Å²) in [5.41, 5.74) is 3.61. The lowest BCUT2D eigenvalue weighted by atomic mass is 10.2. The third-order valence-electron chi connectivity index (χ3n) is 5.97. The standard InChI is InChI=1S/C27H25N3O6S2/c1-5-36-26(32)18(4)29-25(31)24(38-27(29)33)15-19-14-16(2)28(17(19)3)20-6-10-22(11-7-20)37-23-12-8-21(9-13-23)30(34)35/h6-15,18H,5H2,1-4H3/b24-15+/t18-/m0/s1. The van der Waals surface area contributed by atoms with Gasteiger partial charge in [-0.1, -0.05) is 11.8 Å². The molecule has 1 aliphatic heterocycles. The average molecular weight is 552 g/mol. The minimum absolute atomic E-state index is 0.0531. The van der Waals surface area contributed by atoms with Gasteiger partial charge in [-0.15, -0.1) is 0 Å². The van der Waals surface area contributed by atoms with E-state index in [9.17, 15) is 24.5 Å². The number of nitro benzene ring substituents is 1. The predicted octanol–water partition coefficient (Wildman–Crippen LogP) is 6.14. The summed E-state index contributed by atoms with van der Waals surface area (Å²) in [6, 6.07) is 15.3. The highest BCUT2D eigenvalue weighted by Gasteiger charge is 2.41. The number of aryl methyl sites for hydroxylation is 1. The summed E-state index contributed by atoms with van der Waals surface area (Å²) in [6.45, 7) is 7.20. The van der Waals surface area contributed by atoms with Gasteiger partial charge in [0.15, 0.2) is 0 Å². The fourth-order valence-electron chi connectivity index (χ4n) is 4.09. The number of hydrogen-bond donors (Lipinski definition) is 0. The van der Waals surface area contributed by atoms with Crippen LogP contribution >= 0.6 is 23.5 Å². The number of carbonyl (C=O) groups is 3. The summed E-state index contributed by atoms with van der Waals surface area (Å²) in [6.07, 6.45) is 1.68. The Bertz CT molecular complexity index is 1440. The highest BCUT2D eigenvalue weighted by molar-refractivity contribution is 8.18. The van der Waals surface area contributed by atoms with Crippen molar-refractivity contribution in [3.63, 3.8) is 0 Å². The third kappa shape index (κ3) is 5.53. The quantitative estimate of drug-likeness (QED) is 0.142. The van der Waals surface area contributed by atoms with E-state index in [1.54, 1.807) is 25.1 Å². The van der Waals surface area contributed by atoms with Crippen molar-refractivity contribution < 1.29 is 24.0 Å². The molecule has 0 spiro atoms. The Morgan fingerprint density at radius 3 is 2.29 bits per heavy atom. The second kappa shape index (κ2) is 11.3. The van der Waals surface area contributed by atoms with Gasteiger partial charge in [0.1, 0.15) is 6.04 Å². The van der Waals surface area contributed by atoms with E-state index in [1.807, 2.05) is 44.2 Å². The first-order valence-corrected chi connectivity index (χ1v) is 13.4. The Labute approximate surface area is 228 Å². The summed E-state index contributed by atoms with van der Waals surface area (Å²) in [5, 5.41) is 10.4. The molecular formula is C27H25N3O6S2. The molecule has 0 radical (unpaired) electrons. The van der Waals surface area contributed by atoms with Gasteiger partial charge in [0.25, 0.3) is 16.8 Å². The van der Waals surface area contributed by atoms with Gasteiger partial charge in [-0.25, -0.2) is 4.79 Å². The lowest BCUT2D eigenvalue weighted by molar-refractivity contribution is -0.384. The molecule has 0 N–H and O–H groups in total. The molecule has 1 saturated heterocycles. The molecule has 11 heteroatoms. The van der Waals surface area contributed by atoms with Crippen LogP contribution in [0, 0.1) is 24.0 Å². The maximum absolute atomic E-state index is 12.9. The smallest absolute Gasteiger partial charge is 0.329 e. The molecule has 1 aliphatic rings. The maximum Gasteiger partial charge on any atom is 0.329 e. The lowest BCUT2D eigenvalue weighted by Crippen LogP contribution is -2.42. The fraction of sp³-hybridized carbons (Fsp3) is 0.222. The molecule has 196 valence electrons. The van der Waals surface area contributed by atoms with Gasteiger partial charge in [0, 0.05) is 39.0 Å². The first-order valence-electron chi connectivity index (χ1n) is 11.8. The monoisotopic (exact) mass is 551 g/mol. The molecule has 0 unspecified atom stereocenters. The van der Waals surface area contributed by atoms with E-state index in [2.05, 4.69) is 4.57 Å². The summed E-state index contributed by atoms with van der Waals surface area (Å²) in [7, 11) is 0. The van der Waals surface area contributed by atoms with Crippen LogP contribution in [0.2, 0.25) is 0 Å². The van der Waals surface area contributed by atoms with E-state index < -0.39 is 28.1 Å². The number of amides is 2. The predicted molar refractivity (Wildman–Crippen MR) is 146 cm³/mol. The number of rotatable bonds is 8. The second-order valence-corrected chi connectivity index (χ2v) is 10.6. The van der Waals surface area contributed by atoms with E-state index in [4.69, 9.17) is 4.74 Å². The molecule has 9 nitrogen and oxygen atoms in total. The molecule has 38 heavy (non-hydrogen) atoms. The molecule has 4 rings (SSSR count). The fourth-order valence-corrected chi connectivity index (χ4v) is 5.81. The molecule has 0 saturated carbocycles.